The van der Waals surface area contributed by atoms with Crippen molar-refractivity contribution in [2.75, 3.05) is 11.9 Å². The maximum atomic E-state index is 11.8. The molecule has 1 rings (SSSR count). The predicted octanol–water partition coefficient (Wildman–Crippen LogP) is 3.26. The molecule has 0 unspecified atom stereocenters. The quantitative estimate of drug-likeness (QED) is 0.853. The fourth-order valence-electron chi connectivity index (χ4n) is 0.956. The zero-order valence-electron chi connectivity index (χ0n) is 8.64. The zero-order chi connectivity index (χ0) is 13.1. The molecule has 1 amide bonds. The topological polar surface area (TPSA) is 51.2 Å². The number of halogens is 4. The molecule has 0 fully saturated rings. The Bertz CT molecular complexity index is 423. The lowest BCUT2D eigenvalue weighted by molar-refractivity contribution is -0.159. The van der Waals surface area contributed by atoms with Crippen LogP contribution in [-0.2, 0) is 4.74 Å². The molecule has 1 N–H and O–H groups in total. The summed E-state index contributed by atoms with van der Waals surface area (Å²) in [6.45, 7) is -0.0219. The van der Waals surface area contributed by atoms with Crippen LogP contribution in [0.25, 0.3) is 0 Å². The molecule has 1 aromatic heterocycles. The molecular formula is C9H8BrF3N2O2. The van der Waals surface area contributed by atoms with E-state index in [9.17, 15) is 18.0 Å². The van der Waals surface area contributed by atoms with Gasteiger partial charge in [0.2, 0.25) is 0 Å². The van der Waals surface area contributed by atoms with Crippen LogP contribution in [0.3, 0.4) is 0 Å². The molecule has 8 heteroatoms. The van der Waals surface area contributed by atoms with Crippen LogP contribution in [0.2, 0.25) is 0 Å². The number of carbonyl (C=O) groups is 1. The molecule has 17 heavy (non-hydrogen) atoms. The first-order chi connectivity index (χ1) is 7.78. The lowest BCUT2D eigenvalue weighted by Gasteiger charge is -2.10. The van der Waals surface area contributed by atoms with E-state index in [1.54, 1.807) is 13.0 Å². The molecular weight excluding hydrogens is 305 g/mol. The van der Waals surface area contributed by atoms with Gasteiger partial charge < -0.3 is 4.74 Å². The van der Waals surface area contributed by atoms with E-state index < -0.39 is 18.9 Å². The molecule has 1 heterocycles. The van der Waals surface area contributed by atoms with E-state index in [4.69, 9.17) is 0 Å². The van der Waals surface area contributed by atoms with Gasteiger partial charge in [0.25, 0.3) is 0 Å². The molecule has 94 valence electrons. The number of rotatable bonds is 2. The van der Waals surface area contributed by atoms with E-state index in [2.05, 4.69) is 31.0 Å². The standard InChI is InChI=1S/C9H8BrF3N2O2/c1-5-6(2-3-7(10)14-5)15-8(16)17-4-9(11,12)13/h2-3H,4H2,1H3,(H,15,16). The maximum Gasteiger partial charge on any atom is 0.422 e. The number of alkyl halides is 3. The number of anilines is 1. The number of hydrogen-bond acceptors (Lipinski definition) is 3. The Morgan fingerprint density at radius 1 is 1.53 bits per heavy atom. The number of aromatic nitrogens is 1. The first-order valence-corrected chi connectivity index (χ1v) is 5.21. The molecule has 0 aliphatic rings. The summed E-state index contributed by atoms with van der Waals surface area (Å²) in [6.07, 6.45) is -5.71. The van der Waals surface area contributed by atoms with Crippen LogP contribution in [0, 0.1) is 6.92 Å². The number of hydrogen-bond donors (Lipinski definition) is 1. The Morgan fingerprint density at radius 3 is 2.71 bits per heavy atom. The van der Waals surface area contributed by atoms with E-state index in [0.29, 0.717) is 16.0 Å². The van der Waals surface area contributed by atoms with Crippen molar-refractivity contribution in [2.45, 2.75) is 13.1 Å². The maximum absolute atomic E-state index is 11.8. The van der Waals surface area contributed by atoms with Gasteiger partial charge in [-0.2, -0.15) is 13.2 Å². The van der Waals surface area contributed by atoms with E-state index in [1.807, 2.05) is 0 Å². The molecule has 0 aliphatic heterocycles. The third kappa shape index (κ3) is 5.03. The molecule has 0 aliphatic carbocycles. The highest BCUT2D eigenvalue weighted by atomic mass is 79.9. The van der Waals surface area contributed by atoms with Gasteiger partial charge in [-0.1, -0.05) is 0 Å². The summed E-state index contributed by atoms with van der Waals surface area (Å²) >= 11 is 3.12. The Hall–Kier alpha value is -1.31. The van der Waals surface area contributed by atoms with E-state index in [0.717, 1.165) is 0 Å². The molecule has 0 bridgehead atoms. The lowest BCUT2D eigenvalue weighted by atomic mass is 10.3. The van der Waals surface area contributed by atoms with E-state index in [-0.39, 0.29) is 0 Å². The molecule has 1 aromatic rings. The number of ether oxygens (including phenoxy) is 1. The molecule has 0 saturated carbocycles. The van der Waals surface area contributed by atoms with Crippen LogP contribution in [0.15, 0.2) is 16.7 Å². The molecule has 0 aromatic carbocycles. The van der Waals surface area contributed by atoms with E-state index >= 15 is 0 Å². The van der Waals surface area contributed by atoms with Gasteiger partial charge in [0, 0.05) is 0 Å². The summed E-state index contributed by atoms with van der Waals surface area (Å²) in [7, 11) is 0. The number of nitrogens with one attached hydrogen (secondary N) is 1. The molecule has 4 nitrogen and oxygen atoms in total. The van der Waals surface area contributed by atoms with Crippen LogP contribution in [0.4, 0.5) is 23.7 Å². The van der Waals surface area contributed by atoms with Crippen molar-refractivity contribution >= 4 is 27.7 Å². The van der Waals surface area contributed by atoms with Crippen LogP contribution in [0.5, 0.6) is 0 Å². The van der Waals surface area contributed by atoms with Gasteiger partial charge in [0.05, 0.1) is 11.4 Å². The minimum Gasteiger partial charge on any atom is -0.440 e. The summed E-state index contributed by atoms with van der Waals surface area (Å²) in [5.74, 6) is 0. The van der Waals surface area contributed by atoms with Crippen LogP contribution >= 0.6 is 15.9 Å². The number of pyridine rings is 1. The Kier molecular flexibility index (Phi) is 4.33. The Labute approximate surface area is 103 Å². The first kappa shape index (κ1) is 13.8. The summed E-state index contributed by atoms with van der Waals surface area (Å²) < 4.78 is 39.8. The number of nitrogens with zero attached hydrogens (tertiary/aromatic N) is 1. The predicted molar refractivity (Wildman–Crippen MR) is 57.7 cm³/mol. The average molecular weight is 313 g/mol. The second-order valence-corrected chi connectivity index (χ2v) is 3.90. The van der Waals surface area contributed by atoms with Gasteiger partial charge in [0.15, 0.2) is 6.61 Å². The minimum absolute atomic E-state index is 0.292. The average Bonchev–Trinajstić information content (AvgIpc) is 2.18. The van der Waals surface area contributed by atoms with Gasteiger partial charge in [0.1, 0.15) is 4.60 Å². The second-order valence-electron chi connectivity index (χ2n) is 3.08. The molecule has 0 spiro atoms. The second kappa shape index (κ2) is 5.35. The minimum atomic E-state index is -4.54. The SMILES string of the molecule is Cc1nc(Br)ccc1NC(=O)OCC(F)(F)F. The van der Waals surface area contributed by atoms with Crippen molar-refractivity contribution in [1.82, 2.24) is 4.98 Å². The van der Waals surface area contributed by atoms with Gasteiger partial charge in [-0.05, 0) is 35.0 Å². The van der Waals surface area contributed by atoms with Crippen LogP contribution in [-0.4, -0.2) is 23.9 Å². The van der Waals surface area contributed by atoms with Crippen molar-refractivity contribution in [3.63, 3.8) is 0 Å². The van der Waals surface area contributed by atoms with Gasteiger partial charge >= 0.3 is 12.3 Å². The zero-order valence-corrected chi connectivity index (χ0v) is 10.2. The summed E-state index contributed by atoms with van der Waals surface area (Å²) in [5, 5.41) is 2.17. The van der Waals surface area contributed by atoms with Crippen molar-refractivity contribution in [2.24, 2.45) is 0 Å². The van der Waals surface area contributed by atoms with Crippen LogP contribution < -0.4 is 5.32 Å². The summed E-state index contributed by atoms with van der Waals surface area (Å²) in [4.78, 5) is 15.0. The van der Waals surface area contributed by atoms with Gasteiger partial charge in [-0.3, -0.25) is 5.32 Å². The van der Waals surface area contributed by atoms with E-state index in [1.165, 1.54) is 6.07 Å². The Morgan fingerprint density at radius 2 is 2.18 bits per heavy atom. The summed E-state index contributed by atoms with van der Waals surface area (Å²) in [6, 6.07) is 3.05. The lowest BCUT2D eigenvalue weighted by Crippen LogP contribution is -2.23. The molecule has 0 radical (unpaired) electrons. The fourth-order valence-corrected chi connectivity index (χ4v) is 1.35. The summed E-state index contributed by atoms with van der Waals surface area (Å²) in [5.41, 5.74) is 0.753. The first-order valence-electron chi connectivity index (χ1n) is 4.41. The monoisotopic (exact) mass is 312 g/mol. The molecule has 0 atom stereocenters. The molecule has 0 saturated heterocycles. The smallest absolute Gasteiger partial charge is 0.422 e. The van der Waals surface area contributed by atoms with Gasteiger partial charge in [-0.25, -0.2) is 9.78 Å². The van der Waals surface area contributed by atoms with Crippen molar-refractivity contribution in [3.05, 3.63) is 22.4 Å². The number of carbonyl (C=O) groups excluding carboxylic acids is 1. The normalized spacial score (nSPS) is 11.1. The highest BCUT2D eigenvalue weighted by Crippen LogP contribution is 2.18. The number of amides is 1. The van der Waals surface area contributed by atoms with Crippen LogP contribution in [0.1, 0.15) is 5.69 Å². The highest BCUT2D eigenvalue weighted by molar-refractivity contribution is 9.10. The van der Waals surface area contributed by atoms with Gasteiger partial charge in [-0.15, -0.1) is 0 Å². The largest absolute Gasteiger partial charge is 0.440 e. The fraction of sp³-hybridized carbons (Fsp3) is 0.333. The van der Waals surface area contributed by atoms with Crippen molar-refractivity contribution in [3.8, 4) is 0 Å². The third-order valence-corrected chi connectivity index (χ3v) is 2.10. The van der Waals surface area contributed by atoms with Crippen molar-refractivity contribution < 1.29 is 22.7 Å². The highest BCUT2D eigenvalue weighted by Gasteiger charge is 2.29. The number of aryl methyl sites for hydroxylation is 1. The Balaban J connectivity index is 2.57. The third-order valence-electron chi connectivity index (χ3n) is 1.66. The van der Waals surface area contributed by atoms with Crippen molar-refractivity contribution in [1.29, 1.82) is 0 Å².